The van der Waals surface area contributed by atoms with E-state index in [1.165, 1.54) is 11.1 Å². The van der Waals surface area contributed by atoms with Crippen LogP contribution in [0.1, 0.15) is 27.2 Å². The zero-order valence-electron chi connectivity index (χ0n) is 18.4. The van der Waals surface area contributed by atoms with E-state index in [1.807, 2.05) is 50.2 Å². The van der Waals surface area contributed by atoms with Crippen molar-refractivity contribution in [3.8, 4) is 22.8 Å². The number of anilines is 1. The number of carbonyl (C=O) groups excluding carboxylic acids is 1. The number of amides is 1. The number of benzene rings is 3. The molecular formula is C27H21ClN2O3. The van der Waals surface area contributed by atoms with E-state index < -0.39 is 0 Å². The van der Waals surface area contributed by atoms with Crippen molar-refractivity contribution in [2.75, 3.05) is 5.32 Å². The molecule has 0 unspecified atom stereocenters. The summed E-state index contributed by atoms with van der Waals surface area (Å²) in [5.74, 6) is 0.975. The third-order valence-electron chi connectivity index (χ3n) is 5.62. The van der Waals surface area contributed by atoms with Crippen molar-refractivity contribution < 1.29 is 13.6 Å². The van der Waals surface area contributed by atoms with E-state index in [1.54, 1.807) is 30.3 Å². The summed E-state index contributed by atoms with van der Waals surface area (Å²) < 4.78 is 11.7. The summed E-state index contributed by atoms with van der Waals surface area (Å²) in [5, 5.41) is 3.44. The summed E-state index contributed by atoms with van der Waals surface area (Å²) in [5.41, 5.74) is 6.91. The molecule has 0 bridgehead atoms. The van der Waals surface area contributed by atoms with E-state index in [2.05, 4.69) is 17.2 Å². The minimum Gasteiger partial charge on any atom is -0.451 e. The van der Waals surface area contributed by atoms with Crippen LogP contribution in [0.2, 0.25) is 5.02 Å². The first kappa shape index (κ1) is 21.0. The van der Waals surface area contributed by atoms with Crippen LogP contribution in [-0.2, 0) is 0 Å². The van der Waals surface area contributed by atoms with Crippen molar-refractivity contribution in [1.82, 2.24) is 4.98 Å². The standard InChI is InChI=1S/C27H21ClN2O3/c1-15-4-8-20(21(28)12-15)27-30-22-14-19(7-9-24(22)33-27)29-26(31)25-11-10-23(32-25)18-6-5-16(2)17(3)13-18/h4-14H,1-3H3,(H,29,31). The first-order valence-electron chi connectivity index (χ1n) is 10.5. The molecule has 33 heavy (non-hydrogen) atoms. The van der Waals surface area contributed by atoms with E-state index >= 15 is 0 Å². The third-order valence-corrected chi connectivity index (χ3v) is 5.93. The third kappa shape index (κ3) is 4.15. The summed E-state index contributed by atoms with van der Waals surface area (Å²) in [6, 6.07) is 20.5. The van der Waals surface area contributed by atoms with Gasteiger partial charge >= 0.3 is 0 Å². The number of fused-ring (bicyclic) bond motifs is 1. The molecule has 164 valence electrons. The zero-order valence-corrected chi connectivity index (χ0v) is 19.2. The zero-order chi connectivity index (χ0) is 23.1. The van der Waals surface area contributed by atoms with Crippen LogP contribution in [0.5, 0.6) is 0 Å². The van der Waals surface area contributed by atoms with Gasteiger partial charge in [0.25, 0.3) is 5.91 Å². The highest BCUT2D eigenvalue weighted by atomic mass is 35.5. The fourth-order valence-corrected chi connectivity index (χ4v) is 3.93. The van der Waals surface area contributed by atoms with Gasteiger partial charge in [0, 0.05) is 11.3 Å². The lowest BCUT2D eigenvalue weighted by Gasteiger charge is -2.04. The molecule has 0 saturated heterocycles. The van der Waals surface area contributed by atoms with Gasteiger partial charge in [0.1, 0.15) is 11.3 Å². The summed E-state index contributed by atoms with van der Waals surface area (Å²) in [7, 11) is 0. The van der Waals surface area contributed by atoms with Crippen LogP contribution in [0, 0.1) is 20.8 Å². The lowest BCUT2D eigenvalue weighted by molar-refractivity contribution is 0.0997. The average molecular weight is 457 g/mol. The number of nitrogens with one attached hydrogen (secondary N) is 1. The van der Waals surface area contributed by atoms with Gasteiger partial charge in [-0.1, -0.05) is 29.8 Å². The summed E-state index contributed by atoms with van der Waals surface area (Å²) >= 11 is 6.35. The molecule has 0 radical (unpaired) electrons. The average Bonchev–Trinajstić information content (AvgIpc) is 3.43. The first-order valence-corrected chi connectivity index (χ1v) is 10.9. The first-order chi connectivity index (χ1) is 15.9. The molecule has 3 aromatic carbocycles. The largest absolute Gasteiger partial charge is 0.451 e. The highest BCUT2D eigenvalue weighted by Gasteiger charge is 2.15. The number of carbonyl (C=O) groups is 1. The molecule has 6 heteroatoms. The van der Waals surface area contributed by atoms with Gasteiger partial charge in [0.05, 0.1) is 10.6 Å². The fourth-order valence-electron chi connectivity index (χ4n) is 3.62. The summed E-state index contributed by atoms with van der Waals surface area (Å²) in [6.45, 7) is 6.08. The molecule has 0 aliphatic heterocycles. The molecule has 1 N–H and O–H groups in total. The van der Waals surface area contributed by atoms with Crippen molar-refractivity contribution in [1.29, 1.82) is 0 Å². The molecule has 5 aromatic rings. The van der Waals surface area contributed by atoms with E-state index in [9.17, 15) is 4.79 Å². The number of oxazole rings is 1. The molecule has 2 heterocycles. The maximum Gasteiger partial charge on any atom is 0.291 e. The van der Waals surface area contributed by atoms with Crippen LogP contribution in [0.4, 0.5) is 5.69 Å². The number of halogens is 1. The van der Waals surface area contributed by atoms with Crippen LogP contribution < -0.4 is 5.32 Å². The molecule has 5 rings (SSSR count). The van der Waals surface area contributed by atoms with Gasteiger partial charge in [-0.2, -0.15) is 0 Å². The van der Waals surface area contributed by atoms with Gasteiger partial charge in [0.2, 0.25) is 5.89 Å². The Morgan fingerprint density at radius 3 is 2.52 bits per heavy atom. The SMILES string of the molecule is Cc1ccc(-c2nc3cc(NC(=O)c4ccc(-c5ccc(C)c(C)c5)o4)ccc3o2)c(Cl)c1. The van der Waals surface area contributed by atoms with E-state index in [-0.39, 0.29) is 11.7 Å². The number of nitrogens with zero attached hydrogens (tertiary/aromatic N) is 1. The Morgan fingerprint density at radius 2 is 1.73 bits per heavy atom. The second-order valence-corrected chi connectivity index (χ2v) is 8.51. The smallest absolute Gasteiger partial charge is 0.291 e. The molecule has 2 aromatic heterocycles. The molecule has 0 aliphatic carbocycles. The van der Waals surface area contributed by atoms with Crippen LogP contribution >= 0.6 is 11.6 Å². The summed E-state index contributed by atoms with van der Waals surface area (Å²) in [6.07, 6.45) is 0. The second kappa shape index (κ2) is 8.26. The van der Waals surface area contributed by atoms with Gasteiger partial charge < -0.3 is 14.2 Å². The van der Waals surface area contributed by atoms with Gasteiger partial charge in [-0.15, -0.1) is 0 Å². The number of aromatic nitrogens is 1. The Bertz CT molecular complexity index is 1510. The van der Waals surface area contributed by atoms with E-state index in [4.69, 9.17) is 20.4 Å². The molecule has 0 saturated carbocycles. The van der Waals surface area contributed by atoms with Crippen molar-refractivity contribution in [2.45, 2.75) is 20.8 Å². The highest BCUT2D eigenvalue weighted by molar-refractivity contribution is 6.33. The van der Waals surface area contributed by atoms with Crippen LogP contribution in [0.25, 0.3) is 33.9 Å². The molecule has 5 nitrogen and oxygen atoms in total. The number of hydrogen-bond acceptors (Lipinski definition) is 4. The number of aryl methyl sites for hydroxylation is 3. The van der Waals surface area contributed by atoms with Crippen molar-refractivity contribution >= 4 is 34.3 Å². The maximum atomic E-state index is 12.8. The Labute approximate surface area is 196 Å². The molecule has 0 fully saturated rings. The number of hydrogen-bond donors (Lipinski definition) is 1. The van der Waals surface area contributed by atoms with Crippen LogP contribution in [-0.4, -0.2) is 10.9 Å². The lowest BCUT2D eigenvalue weighted by Crippen LogP contribution is -2.10. The molecular weight excluding hydrogens is 436 g/mol. The minimum atomic E-state index is -0.338. The Balaban J connectivity index is 1.37. The Hall–Kier alpha value is -3.83. The lowest BCUT2D eigenvalue weighted by atomic mass is 10.1. The van der Waals surface area contributed by atoms with Crippen molar-refractivity contribution in [2.24, 2.45) is 0 Å². The predicted octanol–water partition coefficient (Wildman–Crippen LogP) is 7.59. The topological polar surface area (TPSA) is 68.3 Å². The number of furan rings is 1. The second-order valence-electron chi connectivity index (χ2n) is 8.10. The quantitative estimate of drug-likeness (QED) is 0.302. The Morgan fingerprint density at radius 1 is 0.879 bits per heavy atom. The normalized spacial score (nSPS) is 11.2. The Kier molecular flexibility index (Phi) is 5.27. The molecule has 0 atom stereocenters. The van der Waals surface area contributed by atoms with Crippen molar-refractivity contribution in [3.63, 3.8) is 0 Å². The fraction of sp³-hybridized carbons (Fsp3) is 0.111. The van der Waals surface area contributed by atoms with Crippen LogP contribution in [0.3, 0.4) is 0 Å². The number of rotatable bonds is 4. The minimum absolute atomic E-state index is 0.232. The van der Waals surface area contributed by atoms with Gasteiger partial charge in [-0.25, -0.2) is 4.98 Å². The molecule has 1 amide bonds. The predicted molar refractivity (Wildman–Crippen MR) is 131 cm³/mol. The monoisotopic (exact) mass is 456 g/mol. The van der Waals surface area contributed by atoms with E-state index in [0.29, 0.717) is 33.5 Å². The highest BCUT2D eigenvalue weighted by Crippen LogP contribution is 2.32. The molecule has 0 spiro atoms. The molecule has 0 aliphatic rings. The van der Waals surface area contributed by atoms with Gasteiger partial charge in [-0.3, -0.25) is 4.79 Å². The maximum absolute atomic E-state index is 12.8. The van der Waals surface area contributed by atoms with Gasteiger partial charge in [-0.05, 0) is 86.0 Å². The van der Waals surface area contributed by atoms with Gasteiger partial charge in [0.15, 0.2) is 11.3 Å². The summed E-state index contributed by atoms with van der Waals surface area (Å²) in [4.78, 5) is 17.3. The van der Waals surface area contributed by atoms with E-state index in [0.717, 1.165) is 16.7 Å². The van der Waals surface area contributed by atoms with Crippen LogP contribution in [0.15, 0.2) is 75.6 Å². The van der Waals surface area contributed by atoms with Crippen molar-refractivity contribution in [3.05, 3.63) is 94.2 Å².